The van der Waals surface area contributed by atoms with Crippen LogP contribution in [-0.4, -0.2) is 44.7 Å². The smallest absolute Gasteiger partial charge is 0.338 e. The quantitative estimate of drug-likeness (QED) is 0.513. The van der Waals surface area contributed by atoms with Crippen LogP contribution in [0.2, 0.25) is 0 Å². The second kappa shape index (κ2) is 10.3. The molecule has 160 valence electrons. The highest BCUT2D eigenvalue weighted by atomic mass is 16.5. The molecule has 3 aromatic rings. The van der Waals surface area contributed by atoms with Crippen LogP contribution in [0.4, 0.5) is 0 Å². The van der Waals surface area contributed by atoms with Gasteiger partial charge in [-0.2, -0.15) is 0 Å². The highest BCUT2D eigenvalue weighted by Gasteiger charge is 2.15. The van der Waals surface area contributed by atoms with Crippen LogP contribution in [-0.2, 0) is 16.1 Å². The second-order valence-corrected chi connectivity index (χ2v) is 6.96. The summed E-state index contributed by atoms with van der Waals surface area (Å²) in [7, 11) is 4.78. The molecule has 6 heteroatoms. The number of carbonyl (C=O) groups is 2. The van der Waals surface area contributed by atoms with Crippen molar-refractivity contribution in [2.75, 3.05) is 27.9 Å². The van der Waals surface area contributed by atoms with Crippen molar-refractivity contribution in [2.45, 2.75) is 6.54 Å². The van der Waals surface area contributed by atoms with Crippen molar-refractivity contribution in [1.29, 1.82) is 0 Å². The normalized spacial score (nSPS) is 10.3. The van der Waals surface area contributed by atoms with Gasteiger partial charge in [-0.15, -0.1) is 0 Å². The molecule has 1 amide bonds. The van der Waals surface area contributed by atoms with E-state index >= 15 is 0 Å². The lowest BCUT2D eigenvalue weighted by Crippen LogP contribution is -2.30. The summed E-state index contributed by atoms with van der Waals surface area (Å²) in [6.07, 6.45) is 0. The molecule has 31 heavy (non-hydrogen) atoms. The standard InChI is InChI=1S/C25H25NO5/c1-26(16-18-9-14-22(29-2)23(15-18)30-3)24(27)17-31-25(28)21-12-10-20(11-13-21)19-7-5-4-6-8-19/h4-15H,16-17H2,1-3H3. The number of rotatable bonds is 8. The minimum Gasteiger partial charge on any atom is -0.493 e. The summed E-state index contributed by atoms with van der Waals surface area (Å²) in [5.41, 5.74) is 3.34. The fourth-order valence-electron chi connectivity index (χ4n) is 3.09. The SMILES string of the molecule is COc1ccc(CN(C)C(=O)COC(=O)c2ccc(-c3ccccc3)cc2)cc1OC. The first kappa shape index (κ1) is 21.9. The van der Waals surface area contributed by atoms with E-state index in [-0.39, 0.29) is 12.5 Å². The van der Waals surface area contributed by atoms with Crippen LogP contribution in [0.1, 0.15) is 15.9 Å². The van der Waals surface area contributed by atoms with Crippen molar-refractivity contribution in [3.05, 3.63) is 83.9 Å². The van der Waals surface area contributed by atoms with Gasteiger partial charge in [0.2, 0.25) is 0 Å². The Labute approximate surface area is 182 Å². The van der Waals surface area contributed by atoms with Crippen molar-refractivity contribution in [3.8, 4) is 22.6 Å². The first-order chi connectivity index (χ1) is 15.0. The number of benzene rings is 3. The summed E-state index contributed by atoms with van der Waals surface area (Å²) in [4.78, 5) is 26.2. The van der Waals surface area contributed by atoms with E-state index in [1.54, 1.807) is 39.5 Å². The predicted molar refractivity (Wildman–Crippen MR) is 118 cm³/mol. The molecule has 6 nitrogen and oxygen atoms in total. The Hall–Kier alpha value is -3.80. The number of ether oxygens (including phenoxy) is 3. The number of esters is 1. The molecule has 0 radical (unpaired) electrons. The molecule has 0 aliphatic carbocycles. The lowest BCUT2D eigenvalue weighted by Gasteiger charge is -2.18. The summed E-state index contributed by atoms with van der Waals surface area (Å²) >= 11 is 0. The highest BCUT2D eigenvalue weighted by molar-refractivity contribution is 5.91. The number of amides is 1. The third kappa shape index (κ3) is 5.63. The fourth-order valence-corrected chi connectivity index (χ4v) is 3.09. The van der Waals surface area contributed by atoms with Crippen molar-refractivity contribution in [3.63, 3.8) is 0 Å². The first-order valence-electron chi connectivity index (χ1n) is 9.79. The maximum atomic E-state index is 12.4. The molecule has 0 bridgehead atoms. The molecule has 0 spiro atoms. The molecular formula is C25H25NO5. The number of likely N-dealkylation sites (N-methyl/N-ethyl adjacent to an activating group) is 1. The molecule has 3 rings (SSSR count). The number of nitrogens with zero attached hydrogens (tertiary/aromatic N) is 1. The van der Waals surface area contributed by atoms with E-state index in [4.69, 9.17) is 14.2 Å². The second-order valence-electron chi connectivity index (χ2n) is 6.96. The minimum atomic E-state index is -0.535. The van der Waals surface area contributed by atoms with Crippen LogP contribution < -0.4 is 9.47 Å². The molecule has 0 atom stereocenters. The van der Waals surface area contributed by atoms with E-state index in [9.17, 15) is 9.59 Å². The summed E-state index contributed by atoms with van der Waals surface area (Å²) in [6, 6.07) is 22.4. The molecule has 0 saturated heterocycles. The van der Waals surface area contributed by atoms with Crippen molar-refractivity contribution in [2.24, 2.45) is 0 Å². The van der Waals surface area contributed by atoms with Gasteiger partial charge in [0, 0.05) is 13.6 Å². The number of carbonyl (C=O) groups excluding carboxylic acids is 2. The molecule has 0 N–H and O–H groups in total. The van der Waals surface area contributed by atoms with Gasteiger partial charge in [-0.25, -0.2) is 4.79 Å². The third-order valence-corrected chi connectivity index (χ3v) is 4.85. The molecule has 0 heterocycles. The zero-order chi connectivity index (χ0) is 22.2. The van der Waals surface area contributed by atoms with Crippen molar-refractivity contribution < 1.29 is 23.8 Å². The number of methoxy groups -OCH3 is 2. The molecule has 3 aromatic carbocycles. The van der Waals surface area contributed by atoms with Gasteiger partial charge in [-0.05, 0) is 41.0 Å². The fraction of sp³-hybridized carbons (Fsp3) is 0.200. The Balaban J connectivity index is 1.54. The summed E-state index contributed by atoms with van der Waals surface area (Å²) < 4.78 is 15.7. The average Bonchev–Trinajstić information content (AvgIpc) is 2.82. The van der Waals surface area contributed by atoms with Crippen LogP contribution in [0.3, 0.4) is 0 Å². The van der Waals surface area contributed by atoms with Gasteiger partial charge in [-0.3, -0.25) is 4.79 Å². The lowest BCUT2D eigenvalue weighted by molar-refractivity contribution is -0.133. The van der Waals surface area contributed by atoms with Crippen LogP contribution in [0.25, 0.3) is 11.1 Å². The van der Waals surface area contributed by atoms with Gasteiger partial charge in [-0.1, -0.05) is 48.5 Å². The largest absolute Gasteiger partial charge is 0.493 e. The molecule has 0 saturated carbocycles. The topological polar surface area (TPSA) is 65.1 Å². The molecular weight excluding hydrogens is 394 g/mol. The molecule has 0 fully saturated rings. The Morgan fingerprint density at radius 2 is 1.45 bits per heavy atom. The van der Waals surface area contributed by atoms with Crippen LogP contribution in [0.15, 0.2) is 72.8 Å². The number of hydrogen-bond acceptors (Lipinski definition) is 5. The van der Waals surface area contributed by atoms with Crippen LogP contribution in [0, 0.1) is 0 Å². The summed E-state index contributed by atoms with van der Waals surface area (Å²) in [5.74, 6) is 0.371. The van der Waals surface area contributed by atoms with Gasteiger partial charge in [0.05, 0.1) is 19.8 Å². The molecule has 0 aliphatic rings. The summed E-state index contributed by atoms with van der Waals surface area (Å²) in [6.45, 7) is 0.0194. The van der Waals surface area contributed by atoms with E-state index in [1.165, 1.54) is 4.90 Å². The van der Waals surface area contributed by atoms with Crippen molar-refractivity contribution in [1.82, 2.24) is 4.90 Å². The zero-order valence-corrected chi connectivity index (χ0v) is 17.8. The Kier molecular flexibility index (Phi) is 7.27. The van der Waals surface area contributed by atoms with Gasteiger partial charge >= 0.3 is 5.97 Å². The van der Waals surface area contributed by atoms with E-state index in [0.29, 0.717) is 23.6 Å². The van der Waals surface area contributed by atoms with Gasteiger partial charge in [0.15, 0.2) is 18.1 Å². The number of hydrogen-bond donors (Lipinski definition) is 0. The van der Waals surface area contributed by atoms with E-state index < -0.39 is 5.97 Å². The predicted octanol–water partition coefficient (Wildman–Crippen LogP) is 4.19. The average molecular weight is 419 g/mol. The molecule has 0 unspecified atom stereocenters. The highest BCUT2D eigenvalue weighted by Crippen LogP contribution is 2.28. The molecule has 0 aliphatic heterocycles. The monoisotopic (exact) mass is 419 g/mol. The third-order valence-electron chi connectivity index (χ3n) is 4.85. The lowest BCUT2D eigenvalue weighted by atomic mass is 10.0. The van der Waals surface area contributed by atoms with Crippen LogP contribution in [0.5, 0.6) is 11.5 Å². The Morgan fingerprint density at radius 3 is 2.10 bits per heavy atom. The van der Waals surface area contributed by atoms with E-state index in [0.717, 1.165) is 16.7 Å². The Bertz CT molecular complexity index is 1030. The van der Waals surface area contributed by atoms with Gasteiger partial charge < -0.3 is 19.1 Å². The van der Waals surface area contributed by atoms with Crippen LogP contribution >= 0.6 is 0 Å². The van der Waals surface area contributed by atoms with Gasteiger partial charge in [0.1, 0.15) is 0 Å². The van der Waals surface area contributed by atoms with E-state index in [2.05, 4.69) is 0 Å². The van der Waals surface area contributed by atoms with Crippen molar-refractivity contribution >= 4 is 11.9 Å². The van der Waals surface area contributed by atoms with Gasteiger partial charge in [0.25, 0.3) is 5.91 Å². The molecule has 0 aromatic heterocycles. The Morgan fingerprint density at radius 1 is 0.806 bits per heavy atom. The maximum absolute atomic E-state index is 12.4. The maximum Gasteiger partial charge on any atom is 0.338 e. The summed E-state index contributed by atoms with van der Waals surface area (Å²) in [5, 5.41) is 0. The first-order valence-corrected chi connectivity index (χ1v) is 9.79. The zero-order valence-electron chi connectivity index (χ0n) is 17.8. The minimum absolute atomic E-state index is 0.302. The van der Waals surface area contributed by atoms with E-state index in [1.807, 2.05) is 54.6 Å².